The van der Waals surface area contributed by atoms with E-state index in [9.17, 15) is 26.4 Å². The predicted octanol–water partition coefficient (Wildman–Crippen LogP) is 3.33. The highest BCUT2D eigenvalue weighted by atomic mass is 32.2. The highest BCUT2D eigenvalue weighted by Crippen LogP contribution is 2.34. The van der Waals surface area contributed by atoms with Crippen LogP contribution in [0.25, 0.3) is 0 Å². The van der Waals surface area contributed by atoms with Crippen LogP contribution < -0.4 is 14.8 Å². The largest absolute Gasteiger partial charge is 0.491 e. The van der Waals surface area contributed by atoms with Crippen LogP contribution in [0.5, 0.6) is 5.75 Å². The maximum Gasteiger partial charge on any atom is 0.416 e. The number of halogens is 3. The van der Waals surface area contributed by atoms with Gasteiger partial charge in [-0.3, -0.25) is 4.79 Å². The van der Waals surface area contributed by atoms with Gasteiger partial charge in [0.1, 0.15) is 5.75 Å². The van der Waals surface area contributed by atoms with Crippen molar-refractivity contribution in [3.05, 3.63) is 59.2 Å². The number of carbonyl (C=O) groups is 1. The smallest absolute Gasteiger partial charge is 0.416 e. The van der Waals surface area contributed by atoms with E-state index in [4.69, 9.17) is 11.2 Å². The molecule has 0 fully saturated rings. The monoisotopic (exact) mass is 454 g/mol. The lowest BCUT2D eigenvalue weighted by molar-refractivity contribution is -0.138. The summed E-state index contributed by atoms with van der Waals surface area (Å²) in [7, 11) is -3.92. The molecule has 0 aliphatic rings. The molecule has 0 saturated carbocycles. The number of terminal acetylenes is 1. The summed E-state index contributed by atoms with van der Waals surface area (Å²) in [6.07, 6.45) is 0.0870. The van der Waals surface area contributed by atoms with Crippen LogP contribution in [-0.4, -0.2) is 27.0 Å². The second-order valence-electron chi connectivity index (χ2n) is 6.72. The van der Waals surface area contributed by atoms with Gasteiger partial charge < -0.3 is 10.1 Å². The Bertz CT molecular complexity index is 1090. The summed E-state index contributed by atoms with van der Waals surface area (Å²) < 4.78 is 72.1. The Balaban J connectivity index is 2.21. The zero-order valence-electron chi connectivity index (χ0n) is 16.8. The van der Waals surface area contributed by atoms with E-state index < -0.39 is 34.2 Å². The zero-order valence-corrected chi connectivity index (χ0v) is 17.6. The van der Waals surface area contributed by atoms with Crippen molar-refractivity contribution in [2.24, 2.45) is 0 Å². The molecule has 1 amide bonds. The van der Waals surface area contributed by atoms with Crippen LogP contribution in [0.1, 0.15) is 35.3 Å². The van der Waals surface area contributed by atoms with Crippen LogP contribution in [0.4, 0.5) is 13.2 Å². The number of ether oxygens (including phenoxy) is 1. The number of benzene rings is 2. The van der Waals surface area contributed by atoms with E-state index in [1.165, 1.54) is 30.3 Å². The van der Waals surface area contributed by atoms with Crippen molar-refractivity contribution in [1.29, 1.82) is 0 Å². The van der Waals surface area contributed by atoms with Gasteiger partial charge in [-0.2, -0.15) is 17.9 Å². The molecule has 0 spiro atoms. The molecule has 0 atom stereocenters. The van der Waals surface area contributed by atoms with Gasteiger partial charge in [0.2, 0.25) is 10.0 Å². The SMILES string of the molecule is C#CCNS(=O)(=O)c1cccc(C(=O)NCc2ccc(OC(C)C)cc2C(F)(F)F)c1. The van der Waals surface area contributed by atoms with Crippen molar-refractivity contribution in [3.63, 3.8) is 0 Å². The fourth-order valence-electron chi connectivity index (χ4n) is 2.62. The first-order chi connectivity index (χ1) is 14.4. The lowest BCUT2D eigenvalue weighted by Gasteiger charge is -2.17. The first-order valence-corrected chi connectivity index (χ1v) is 10.6. The molecule has 2 aromatic carbocycles. The van der Waals surface area contributed by atoms with E-state index in [-0.39, 0.29) is 34.4 Å². The molecule has 0 unspecified atom stereocenters. The standard InChI is InChI=1S/C21H21F3N2O4S/c1-4-10-26-31(28,29)18-7-5-6-15(11-18)20(27)25-13-16-8-9-17(30-14(2)3)12-19(16)21(22,23)24/h1,5-9,11-12,14,26H,10,13H2,2-3H3,(H,25,27). The molecule has 2 aromatic rings. The Morgan fingerprint density at radius 2 is 1.90 bits per heavy atom. The van der Waals surface area contributed by atoms with Crippen LogP contribution in [0.3, 0.4) is 0 Å². The van der Waals surface area contributed by atoms with Gasteiger partial charge in [-0.1, -0.05) is 18.1 Å². The Hall–Kier alpha value is -3.03. The van der Waals surface area contributed by atoms with Gasteiger partial charge in [0.05, 0.1) is 23.1 Å². The third-order valence-corrected chi connectivity index (χ3v) is 5.37. The highest BCUT2D eigenvalue weighted by molar-refractivity contribution is 7.89. The lowest BCUT2D eigenvalue weighted by Crippen LogP contribution is -2.26. The number of sulfonamides is 1. The molecule has 0 bridgehead atoms. The highest BCUT2D eigenvalue weighted by Gasteiger charge is 2.34. The first-order valence-electron chi connectivity index (χ1n) is 9.12. The number of amides is 1. The molecule has 0 aliphatic carbocycles. The number of alkyl halides is 3. The molecule has 2 N–H and O–H groups in total. The second kappa shape index (κ2) is 9.85. The summed E-state index contributed by atoms with van der Waals surface area (Å²) in [6.45, 7) is 2.74. The van der Waals surface area contributed by atoms with E-state index in [2.05, 4.69) is 16.0 Å². The van der Waals surface area contributed by atoms with Gasteiger partial charge in [0, 0.05) is 12.1 Å². The van der Waals surface area contributed by atoms with Crippen LogP contribution in [-0.2, 0) is 22.7 Å². The fourth-order valence-corrected chi connectivity index (χ4v) is 3.60. The van der Waals surface area contributed by atoms with E-state index in [0.717, 1.165) is 12.1 Å². The summed E-state index contributed by atoms with van der Waals surface area (Å²) >= 11 is 0. The van der Waals surface area contributed by atoms with Gasteiger partial charge in [0.15, 0.2) is 0 Å². The summed E-state index contributed by atoms with van der Waals surface area (Å²) in [4.78, 5) is 12.2. The van der Waals surface area contributed by atoms with Gasteiger partial charge in [-0.15, -0.1) is 6.42 Å². The van der Waals surface area contributed by atoms with Crippen LogP contribution in [0.15, 0.2) is 47.4 Å². The van der Waals surface area contributed by atoms with Crippen molar-refractivity contribution < 1.29 is 31.1 Å². The third-order valence-electron chi connectivity index (χ3n) is 3.97. The van der Waals surface area contributed by atoms with Crippen molar-refractivity contribution >= 4 is 15.9 Å². The molecular weight excluding hydrogens is 433 g/mol. The Kier molecular flexibility index (Phi) is 7.70. The summed E-state index contributed by atoms with van der Waals surface area (Å²) in [5, 5.41) is 2.38. The molecule has 166 valence electrons. The number of hydrogen-bond donors (Lipinski definition) is 2. The number of nitrogens with one attached hydrogen (secondary N) is 2. The third kappa shape index (κ3) is 6.73. The number of carbonyl (C=O) groups excluding carboxylic acids is 1. The molecule has 10 heteroatoms. The van der Waals surface area contributed by atoms with E-state index in [1.54, 1.807) is 13.8 Å². The normalized spacial score (nSPS) is 11.8. The van der Waals surface area contributed by atoms with Crippen LogP contribution >= 0.6 is 0 Å². The molecular formula is C21H21F3N2O4S. The van der Waals surface area contributed by atoms with E-state index in [1.807, 2.05) is 0 Å². The summed E-state index contributed by atoms with van der Waals surface area (Å²) in [5.74, 6) is 1.46. The minimum absolute atomic E-state index is 0.0306. The first kappa shape index (κ1) is 24.2. The molecule has 0 aromatic heterocycles. The molecule has 0 heterocycles. The van der Waals surface area contributed by atoms with Crippen molar-refractivity contribution in [1.82, 2.24) is 10.0 Å². The van der Waals surface area contributed by atoms with Crippen LogP contribution in [0.2, 0.25) is 0 Å². The topological polar surface area (TPSA) is 84.5 Å². The Morgan fingerprint density at radius 1 is 1.19 bits per heavy atom. The average molecular weight is 454 g/mol. The Morgan fingerprint density at radius 3 is 2.52 bits per heavy atom. The molecule has 0 aliphatic heterocycles. The fraction of sp³-hybridized carbons (Fsp3) is 0.286. The summed E-state index contributed by atoms with van der Waals surface area (Å²) in [5.41, 5.74) is -1.12. The zero-order chi connectivity index (χ0) is 23.2. The minimum Gasteiger partial charge on any atom is -0.491 e. The van der Waals surface area contributed by atoms with Gasteiger partial charge in [-0.25, -0.2) is 8.42 Å². The quantitative estimate of drug-likeness (QED) is 0.600. The molecule has 31 heavy (non-hydrogen) atoms. The molecule has 0 saturated heterocycles. The lowest BCUT2D eigenvalue weighted by atomic mass is 10.1. The maximum absolute atomic E-state index is 13.4. The van der Waals surface area contributed by atoms with Gasteiger partial charge in [-0.05, 0) is 49.7 Å². The number of rotatable bonds is 8. The minimum atomic E-state index is -4.65. The molecule has 0 radical (unpaired) electrons. The predicted molar refractivity (Wildman–Crippen MR) is 109 cm³/mol. The van der Waals surface area contributed by atoms with E-state index >= 15 is 0 Å². The number of hydrogen-bond acceptors (Lipinski definition) is 4. The Labute approximate surface area is 178 Å². The average Bonchev–Trinajstić information content (AvgIpc) is 2.70. The second-order valence-corrected chi connectivity index (χ2v) is 8.49. The van der Waals surface area contributed by atoms with Crippen molar-refractivity contribution in [2.75, 3.05) is 6.54 Å². The maximum atomic E-state index is 13.4. The van der Waals surface area contributed by atoms with Gasteiger partial charge in [0.25, 0.3) is 5.91 Å². The van der Waals surface area contributed by atoms with Crippen molar-refractivity contribution in [2.45, 2.75) is 37.6 Å². The van der Waals surface area contributed by atoms with Crippen LogP contribution in [0, 0.1) is 12.3 Å². The van der Waals surface area contributed by atoms with Crippen molar-refractivity contribution in [3.8, 4) is 18.1 Å². The molecule has 6 nitrogen and oxygen atoms in total. The van der Waals surface area contributed by atoms with Gasteiger partial charge >= 0.3 is 6.18 Å². The molecule has 2 rings (SSSR count). The van der Waals surface area contributed by atoms with E-state index in [0.29, 0.717) is 0 Å². The summed E-state index contributed by atoms with van der Waals surface area (Å²) in [6, 6.07) is 8.57.